The van der Waals surface area contributed by atoms with E-state index in [2.05, 4.69) is 48.4 Å². The number of pyridine rings is 1. The fourth-order valence-electron chi connectivity index (χ4n) is 3.88. The number of hydrogen-bond donors (Lipinski definition) is 2. The molecule has 0 radical (unpaired) electrons. The molecule has 3 heterocycles. The van der Waals surface area contributed by atoms with Gasteiger partial charge in [0, 0.05) is 57.1 Å². The van der Waals surface area contributed by atoms with Crippen LogP contribution in [0.25, 0.3) is 0 Å². The van der Waals surface area contributed by atoms with Gasteiger partial charge in [-0.1, -0.05) is 19.4 Å². The number of hydrogen-bond acceptors (Lipinski definition) is 7. The molecule has 2 aromatic rings. The number of ether oxygens (including phenoxy) is 1. The molecule has 1 aliphatic heterocycles. The SMILES string of the molecule is C#CC.C/C=C(\C=C(/CC)C1CC(=O)N(c2ccc(C(N)=O)s2)C1)OC.CCNCCN(C)c1ccncc1. The van der Waals surface area contributed by atoms with Gasteiger partial charge in [0.25, 0.3) is 5.91 Å². The van der Waals surface area contributed by atoms with Crippen LogP contribution < -0.4 is 20.9 Å². The van der Waals surface area contributed by atoms with Crippen molar-refractivity contribution >= 4 is 33.8 Å². The number of allylic oxidation sites excluding steroid dienone is 2. The van der Waals surface area contributed by atoms with Crippen LogP contribution >= 0.6 is 11.3 Å². The molecule has 0 aromatic carbocycles. The summed E-state index contributed by atoms with van der Waals surface area (Å²) in [7, 11) is 3.73. The molecular formula is C30H43N5O3S. The zero-order valence-electron chi connectivity index (χ0n) is 24.1. The zero-order valence-corrected chi connectivity index (χ0v) is 24.9. The number of primary amides is 1. The van der Waals surface area contributed by atoms with E-state index in [9.17, 15) is 9.59 Å². The predicted molar refractivity (Wildman–Crippen MR) is 163 cm³/mol. The van der Waals surface area contributed by atoms with Crippen molar-refractivity contribution in [2.45, 2.75) is 40.5 Å². The Kier molecular flexibility index (Phi) is 15.9. The van der Waals surface area contributed by atoms with E-state index in [-0.39, 0.29) is 11.8 Å². The minimum absolute atomic E-state index is 0.0756. The maximum absolute atomic E-state index is 12.4. The second kappa shape index (κ2) is 18.6. The fraction of sp³-hybridized carbons (Fsp3) is 0.433. The highest BCUT2D eigenvalue weighted by Crippen LogP contribution is 2.35. The Labute approximate surface area is 237 Å². The molecule has 2 amide bonds. The lowest BCUT2D eigenvalue weighted by atomic mass is 9.95. The number of carbonyl (C=O) groups excluding carboxylic acids is 2. The Morgan fingerprint density at radius 1 is 1.33 bits per heavy atom. The summed E-state index contributed by atoms with van der Waals surface area (Å²) < 4.78 is 5.30. The average molecular weight is 554 g/mol. The largest absolute Gasteiger partial charge is 0.497 e. The Morgan fingerprint density at radius 2 is 2.00 bits per heavy atom. The van der Waals surface area contributed by atoms with Crippen molar-refractivity contribution in [1.29, 1.82) is 0 Å². The molecule has 0 aliphatic carbocycles. The smallest absolute Gasteiger partial charge is 0.258 e. The number of nitrogens with zero attached hydrogens (tertiary/aromatic N) is 3. The summed E-state index contributed by atoms with van der Waals surface area (Å²) in [5.74, 6) is 2.83. The molecule has 3 N–H and O–H groups in total. The molecule has 212 valence electrons. The summed E-state index contributed by atoms with van der Waals surface area (Å²) >= 11 is 1.26. The molecule has 1 unspecified atom stereocenters. The van der Waals surface area contributed by atoms with Crippen LogP contribution in [0.4, 0.5) is 10.7 Å². The highest BCUT2D eigenvalue weighted by molar-refractivity contribution is 7.18. The number of amides is 2. The molecule has 0 spiro atoms. The van der Waals surface area contributed by atoms with Crippen LogP contribution in [0.2, 0.25) is 0 Å². The molecule has 8 nitrogen and oxygen atoms in total. The van der Waals surface area contributed by atoms with Crippen LogP contribution in [0.5, 0.6) is 0 Å². The summed E-state index contributed by atoms with van der Waals surface area (Å²) in [5.41, 5.74) is 7.69. The van der Waals surface area contributed by atoms with E-state index < -0.39 is 5.91 Å². The molecule has 1 atom stereocenters. The topological polar surface area (TPSA) is 101 Å². The van der Waals surface area contributed by atoms with Gasteiger partial charge in [-0.3, -0.25) is 14.6 Å². The predicted octanol–water partition coefficient (Wildman–Crippen LogP) is 4.85. The summed E-state index contributed by atoms with van der Waals surface area (Å²) in [4.78, 5) is 32.0. The lowest BCUT2D eigenvalue weighted by molar-refractivity contribution is -0.117. The standard InChI is InChI=1S/C17H22N2O3S.C10H17N3.C3H4/c1-4-11(8-13(5-2)22-3)12-9-15(20)19(10-12)16-7-6-14(23-16)17(18)21;1-3-11-8-9-13(2)10-4-6-12-7-5-10;1-3-2/h5-8,12H,4,9-10H2,1-3H3,(H2,18,21);4-7,11H,3,8-9H2,1-2H3;1H,2H3/b11-8+,13-5+;;. The van der Waals surface area contributed by atoms with Crippen molar-refractivity contribution in [2.24, 2.45) is 11.7 Å². The summed E-state index contributed by atoms with van der Waals surface area (Å²) in [5, 5.41) is 4.07. The first-order chi connectivity index (χ1) is 18.8. The summed E-state index contributed by atoms with van der Waals surface area (Å²) in [6.07, 6.45) is 13.5. The minimum atomic E-state index is -0.462. The van der Waals surface area contributed by atoms with Gasteiger partial charge in [-0.2, -0.15) is 0 Å². The molecule has 39 heavy (non-hydrogen) atoms. The molecule has 2 aromatic heterocycles. The second-order valence-electron chi connectivity index (χ2n) is 8.64. The number of nitrogens with two attached hydrogens (primary N) is 1. The monoisotopic (exact) mass is 553 g/mol. The highest BCUT2D eigenvalue weighted by atomic mass is 32.1. The van der Waals surface area contributed by atoms with Crippen LogP contribution in [0.15, 0.2) is 60.1 Å². The van der Waals surface area contributed by atoms with Crippen molar-refractivity contribution in [2.75, 3.05) is 50.1 Å². The molecule has 1 fully saturated rings. The number of rotatable bonds is 11. The van der Waals surface area contributed by atoms with E-state index in [1.54, 1.807) is 31.1 Å². The third-order valence-corrected chi connectivity index (χ3v) is 7.11. The Hall–Kier alpha value is -3.61. The van der Waals surface area contributed by atoms with E-state index >= 15 is 0 Å². The van der Waals surface area contributed by atoms with Crippen molar-refractivity contribution < 1.29 is 14.3 Å². The molecule has 0 saturated carbocycles. The third-order valence-electron chi connectivity index (χ3n) is 5.98. The molecule has 3 rings (SSSR count). The van der Waals surface area contributed by atoms with Crippen LogP contribution in [0.1, 0.15) is 50.2 Å². The highest BCUT2D eigenvalue weighted by Gasteiger charge is 2.33. The van der Waals surface area contributed by atoms with Crippen LogP contribution in [0, 0.1) is 18.3 Å². The Morgan fingerprint density at radius 3 is 2.51 bits per heavy atom. The van der Waals surface area contributed by atoms with Crippen molar-refractivity contribution in [3.8, 4) is 12.3 Å². The summed E-state index contributed by atoms with van der Waals surface area (Å²) in [6, 6.07) is 7.49. The fourth-order valence-corrected chi connectivity index (χ4v) is 4.76. The van der Waals surface area contributed by atoms with E-state index in [1.807, 2.05) is 43.6 Å². The number of carbonyl (C=O) groups is 2. The van der Waals surface area contributed by atoms with E-state index in [0.717, 1.165) is 36.8 Å². The van der Waals surface area contributed by atoms with E-state index in [0.29, 0.717) is 17.8 Å². The lowest BCUT2D eigenvalue weighted by Crippen LogP contribution is -2.28. The first-order valence-corrected chi connectivity index (χ1v) is 13.9. The molecular weight excluding hydrogens is 510 g/mol. The van der Waals surface area contributed by atoms with Gasteiger partial charge >= 0.3 is 0 Å². The molecule has 0 bridgehead atoms. The lowest BCUT2D eigenvalue weighted by Gasteiger charge is -2.18. The number of likely N-dealkylation sites (N-methyl/N-ethyl adjacent to an activating group) is 2. The van der Waals surface area contributed by atoms with Gasteiger partial charge in [0.1, 0.15) is 5.76 Å². The van der Waals surface area contributed by atoms with Gasteiger partial charge in [0.15, 0.2) is 0 Å². The minimum Gasteiger partial charge on any atom is -0.497 e. The van der Waals surface area contributed by atoms with Gasteiger partial charge in [0.05, 0.1) is 17.0 Å². The van der Waals surface area contributed by atoms with Gasteiger partial charge < -0.3 is 25.6 Å². The van der Waals surface area contributed by atoms with Gasteiger partial charge in [-0.15, -0.1) is 23.7 Å². The average Bonchev–Trinajstić information content (AvgIpc) is 3.58. The maximum Gasteiger partial charge on any atom is 0.258 e. The summed E-state index contributed by atoms with van der Waals surface area (Å²) in [6.45, 7) is 11.5. The number of thiophene rings is 1. The van der Waals surface area contributed by atoms with Crippen LogP contribution in [-0.2, 0) is 9.53 Å². The molecule has 9 heteroatoms. The quantitative estimate of drug-likeness (QED) is 0.179. The number of methoxy groups -OCH3 is 1. The van der Waals surface area contributed by atoms with E-state index in [4.69, 9.17) is 10.5 Å². The first-order valence-electron chi connectivity index (χ1n) is 13.1. The van der Waals surface area contributed by atoms with Crippen molar-refractivity contribution in [1.82, 2.24) is 10.3 Å². The normalized spacial score (nSPS) is 14.9. The maximum atomic E-state index is 12.4. The van der Waals surface area contributed by atoms with Crippen molar-refractivity contribution in [3.05, 3.63) is 65.0 Å². The van der Waals surface area contributed by atoms with Gasteiger partial charge in [0.2, 0.25) is 5.91 Å². The molecule has 1 aliphatic rings. The number of nitrogens with one attached hydrogen (secondary N) is 1. The number of aromatic nitrogens is 1. The Bertz CT molecular complexity index is 1120. The Balaban J connectivity index is 0.000000401. The van der Waals surface area contributed by atoms with Crippen LogP contribution in [0.3, 0.4) is 0 Å². The number of terminal acetylenes is 1. The van der Waals surface area contributed by atoms with Gasteiger partial charge in [-0.25, -0.2) is 0 Å². The first kappa shape index (κ1) is 33.4. The van der Waals surface area contributed by atoms with Crippen LogP contribution in [-0.4, -0.2) is 57.1 Å². The second-order valence-corrected chi connectivity index (χ2v) is 9.71. The van der Waals surface area contributed by atoms with E-state index in [1.165, 1.54) is 22.6 Å². The number of anilines is 2. The third kappa shape index (κ3) is 11.3. The van der Waals surface area contributed by atoms with Gasteiger partial charge in [-0.05, 0) is 63.2 Å². The molecule has 1 saturated heterocycles. The van der Waals surface area contributed by atoms with Crippen molar-refractivity contribution in [3.63, 3.8) is 0 Å². The zero-order chi connectivity index (χ0) is 29.2.